The number of fused-ring (bicyclic) bond motifs is 1. The van der Waals surface area contributed by atoms with Crippen molar-refractivity contribution < 1.29 is 4.74 Å². The number of aromatic nitrogens is 2. The van der Waals surface area contributed by atoms with E-state index in [1.165, 1.54) is 11.1 Å². The van der Waals surface area contributed by atoms with Crippen molar-refractivity contribution in [1.82, 2.24) is 15.5 Å². The zero-order valence-corrected chi connectivity index (χ0v) is 11.8. The van der Waals surface area contributed by atoms with E-state index >= 15 is 0 Å². The van der Waals surface area contributed by atoms with Gasteiger partial charge in [0.1, 0.15) is 10.0 Å². The molecule has 0 amide bonds. The molecule has 5 heteroatoms. The Labute approximate surface area is 116 Å². The first-order chi connectivity index (χ1) is 9.36. The van der Waals surface area contributed by atoms with Crippen LogP contribution in [0, 0.1) is 0 Å². The smallest absolute Gasteiger partial charge is 0.147 e. The molecule has 3 rings (SSSR count). The van der Waals surface area contributed by atoms with E-state index in [-0.39, 0.29) is 0 Å². The second-order valence-corrected chi connectivity index (χ2v) is 5.64. The number of benzene rings is 1. The van der Waals surface area contributed by atoms with E-state index in [2.05, 4.69) is 40.6 Å². The fourth-order valence-electron chi connectivity index (χ4n) is 2.15. The van der Waals surface area contributed by atoms with Crippen LogP contribution in [0.4, 0.5) is 0 Å². The fraction of sp³-hybridized carbons (Fsp3) is 0.429. The summed E-state index contributed by atoms with van der Waals surface area (Å²) < 4.78 is 5.44. The van der Waals surface area contributed by atoms with Gasteiger partial charge < -0.3 is 10.1 Å². The number of hydrogen-bond donors (Lipinski definition) is 1. The highest BCUT2D eigenvalue weighted by molar-refractivity contribution is 7.14. The molecule has 0 unspecified atom stereocenters. The largest absolute Gasteiger partial charge is 0.372 e. The lowest BCUT2D eigenvalue weighted by molar-refractivity contribution is 0.134. The summed E-state index contributed by atoms with van der Waals surface area (Å²) in [7, 11) is 0. The van der Waals surface area contributed by atoms with Gasteiger partial charge in [-0.3, -0.25) is 0 Å². The van der Waals surface area contributed by atoms with Gasteiger partial charge >= 0.3 is 0 Å². The maximum absolute atomic E-state index is 5.44. The molecule has 19 heavy (non-hydrogen) atoms. The van der Waals surface area contributed by atoms with E-state index in [4.69, 9.17) is 4.74 Å². The summed E-state index contributed by atoms with van der Waals surface area (Å²) in [5.74, 6) is 0. The minimum absolute atomic E-state index is 0.718. The number of rotatable bonds is 5. The van der Waals surface area contributed by atoms with Crippen LogP contribution in [-0.4, -0.2) is 23.3 Å². The van der Waals surface area contributed by atoms with E-state index in [1.54, 1.807) is 11.3 Å². The number of ether oxygens (including phenoxy) is 1. The van der Waals surface area contributed by atoms with Crippen molar-refractivity contribution in [1.29, 1.82) is 0 Å². The van der Waals surface area contributed by atoms with Gasteiger partial charge in [-0.25, -0.2) is 0 Å². The van der Waals surface area contributed by atoms with Crippen LogP contribution in [0.1, 0.15) is 23.1 Å². The van der Waals surface area contributed by atoms with Crippen LogP contribution >= 0.6 is 11.3 Å². The van der Waals surface area contributed by atoms with Gasteiger partial charge in [0.2, 0.25) is 0 Å². The summed E-state index contributed by atoms with van der Waals surface area (Å²) in [6, 6.07) is 6.43. The summed E-state index contributed by atoms with van der Waals surface area (Å²) in [6.07, 6.45) is 0.944. The highest BCUT2D eigenvalue weighted by Crippen LogP contribution is 2.28. The summed E-state index contributed by atoms with van der Waals surface area (Å²) in [4.78, 5) is 0. The summed E-state index contributed by atoms with van der Waals surface area (Å²) in [6.45, 7) is 5.52. The third-order valence-electron chi connectivity index (χ3n) is 3.20. The maximum atomic E-state index is 5.44. The first kappa shape index (κ1) is 12.7. The average Bonchev–Trinajstić information content (AvgIpc) is 3.06. The predicted octanol–water partition coefficient (Wildman–Crippen LogP) is 2.39. The van der Waals surface area contributed by atoms with Crippen LogP contribution in [0.5, 0.6) is 0 Å². The SMILES string of the molecule is CCNCCc1nnc(-c2ccc3c(c2)COC3)s1. The molecule has 2 heterocycles. The van der Waals surface area contributed by atoms with Crippen molar-refractivity contribution >= 4 is 11.3 Å². The monoisotopic (exact) mass is 275 g/mol. The molecule has 0 saturated carbocycles. The minimum Gasteiger partial charge on any atom is -0.372 e. The van der Waals surface area contributed by atoms with Gasteiger partial charge in [-0.15, -0.1) is 10.2 Å². The van der Waals surface area contributed by atoms with E-state index < -0.39 is 0 Å². The molecule has 1 N–H and O–H groups in total. The molecule has 2 aromatic rings. The second kappa shape index (κ2) is 5.77. The van der Waals surface area contributed by atoms with E-state index in [0.29, 0.717) is 0 Å². The Morgan fingerprint density at radius 2 is 2.16 bits per heavy atom. The van der Waals surface area contributed by atoms with Crippen LogP contribution < -0.4 is 5.32 Å². The molecule has 0 radical (unpaired) electrons. The van der Waals surface area contributed by atoms with E-state index in [9.17, 15) is 0 Å². The third kappa shape index (κ3) is 2.83. The maximum Gasteiger partial charge on any atom is 0.147 e. The quantitative estimate of drug-likeness (QED) is 0.851. The van der Waals surface area contributed by atoms with E-state index in [0.717, 1.165) is 48.3 Å². The fourth-order valence-corrected chi connectivity index (χ4v) is 2.98. The summed E-state index contributed by atoms with van der Waals surface area (Å²) in [5.41, 5.74) is 3.72. The Bertz CT molecular complexity index is 568. The van der Waals surface area contributed by atoms with Crippen LogP contribution in [0.15, 0.2) is 18.2 Å². The van der Waals surface area contributed by atoms with Crippen molar-refractivity contribution in [3.63, 3.8) is 0 Å². The van der Waals surface area contributed by atoms with Crippen LogP contribution in [-0.2, 0) is 24.4 Å². The average molecular weight is 275 g/mol. The van der Waals surface area contributed by atoms with E-state index in [1.807, 2.05) is 0 Å². The molecule has 0 fully saturated rings. The molecule has 1 aliphatic rings. The molecule has 4 nitrogen and oxygen atoms in total. The van der Waals surface area contributed by atoms with Gasteiger partial charge in [0.25, 0.3) is 0 Å². The zero-order chi connectivity index (χ0) is 13.1. The molecule has 100 valence electrons. The minimum atomic E-state index is 0.718. The highest BCUT2D eigenvalue weighted by atomic mass is 32.1. The standard InChI is InChI=1S/C14H17N3OS/c1-2-15-6-5-13-16-17-14(19-13)10-3-4-11-8-18-9-12(11)7-10/h3-4,7,15H,2,5-6,8-9H2,1H3. The van der Waals surface area contributed by atoms with Gasteiger partial charge in [0.05, 0.1) is 13.2 Å². The molecule has 0 aliphatic carbocycles. The van der Waals surface area contributed by atoms with Crippen LogP contribution in [0.25, 0.3) is 10.6 Å². The number of nitrogens with one attached hydrogen (secondary N) is 1. The van der Waals surface area contributed by atoms with Crippen molar-refractivity contribution in [3.05, 3.63) is 34.3 Å². The second-order valence-electron chi connectivity index (χ2n) is 4.58. The van der Waals surface area contributed by atoms with Gasteiger partial charge in [-0.2, -0.15) is 0 Å². The van der Waals surface area contributed by atoms with Crippen LogP contribution in [0.3, 0.4) is 0 Å². The Hall–Kier alpha value is -1.30. The predicted molar refractivity (Wildman–Crippen MR) is 76.1 cm³/mol. The molecule has 1 aliphatic heterocycles. The Balaban J connectivity index is 1.75. The highest BCUT2D eigenvalue weighted by Gasteiger charge is 2.13. The molecule has 0 saturated heterocycles. The van der Waals surface area contributed by atoms with Crippen molar-refractivity contribution in [3.8, 4) is 10.6 Å². The van der Waals surface area contributed by atoms with Gasteiger partial charge in [-0.05, 0) is 23.7 Å². The lowest BCUT2D eigenvalue weighted by atomic mass is 10.1. The lowest BCUT2D eigenvalue weighted by Gasteiger charge is -1.99. The summed E-state index contributed by atoms with van der Waals surface area (Å²) in [5, 5.41) is 13.9. The molecular formula is C14H17N3OS. The number of hydrogen-bond acceptors (Lipinski definition) is 5. The first-order valence-corrected chi connectivity index (χ1v) is 7.41. The lowest BCUT2D eigenvalue weighted by Crippen LogP contribution is -2.15. The zero-order valence-electron chi connectivity index (χ0n) is 11.0. The van der Waals surface area contributed by atoms with Crippen molar-refractivity contribution in [2.24, 2.45) is 0 Å². The number of nitrogens with zero attached hydrogens (tertiary/aromatic N) is 2. The van der Waals surface area contributed by atoms with Gasteiger partial charge in [-0.1, -0.05) is 30.4 Å². The topological polar surface area (TPSA) is 47.0 Å². The third-order valence-corrected chi connectivity index (χ3v) is 4.23. The molecule has 0 bridgehead atoms. The summed E-state index contributed by atoms with van der Waals surface area (Å²) >= 11 is 1.68. The van der Waals surface area contributed by atoms with Crippen LogP contribution in [0.2, 0.25) is 0 Å². The first-order valence-electron chi connectivity index (χ1n) is 6.60. The van der Waals surface area contributed by atoms with Gasteiger partial charge in [0.15, 0.2) is 0 Å². The van der Waals surface area contributed by atoms with Crippen molar-refractivity contribution in [2.45, 2.75) is 26.6 Å². The molecule has 0 spiro atoms. The Kier molecular flexibility index (Phi) is 3.87. The number of likely N-dealkylation sites (N-methyl/N-ethyl adjacent to an activating group) is 1. The Morgan fingerprint density at radius 1 is 1.26 bits per heavy atom. The van der Waals surface area contributed by atoms with Crippen molar-refractivity contribution in [2.75, 3.05) is 13.1 Å². The Morgan fingerprint density at radius 3 is 3.05 bits per heavy atom. The normalized spacial score (nSPS) is 13.7. The molecule has 1 aromatic carbocycles. The molecular weight excluding hydrogens is 258 g/mol. The molecule has 0 atom stereocenters. The molecule has 1 aromatic heterocycles. The van der Waals surface area contributed by atoms with Gasteiger partial charge in [0, 0.05) is 18.5 Å².